The molecule has 0 aliphatic heterocycles. The van der Waals surface area contributed by atoms with Crippen molar-refractivity contribution >= 4 is 5.91 Å². The molecular formula is C10H17NO. The number of hydrogen-bond acceptors (Lipinski definition) is 1. The molecule has 0 saturated carbocycles. The van der Waals surface area contributed by atoms with E-state index in [4.69, 9.17) is 0 Å². The zero-order chi connectivity index (χ0) is 9.56. The lowest BCUT2D eigenvalue weighted by atomic mass is 10.2. The Kier molecular flexibility index (Phi) is 5.09. The summed E-state index contributed by atoms with van der Waals surface area (Å²) in [4.78, 5) is 13.2. The van der Waals surface area contributed by atoms with Crippen LogP contribution in [0.4, 0.5) is 0 Å². The molecule has 0 atom stereocenters. The molecule has 0 radical (unpaired) electrons. The van der Waals surface area contributed by atoms with E-state index in [2.05, 4.69) is 6.58 Å². The van der Waals surface area contributed by atoms with E-state index >= 15 is 0 Å². The molecule has 2 heteroatoms. The van der Waals surface area contributed by atoms with Crippen LogP contribution in [0.3, 0.4) is 0 Å². The van der Waals surface area contributed by atoms with Crippen molar-refractivity contribution in [1.29, 1.82) is 0 Å². The first-order valence-electron chi connectivity index (χ1n) is 4.28. The van der Waals surface area contributed by atoms with Crippen molar-refractivity contribution in [2.45, 2.75) is 20.8 Å². The van der Waals surface area contributed by atoms with Crippen molar-refractivity contribution in [3.8, 4) is 0 Å². The number of likely N-dealkylation sites (N-methyl/N-ethyl adjacent to an activating group) is 1. The van der Waals surface area contributed by atoms with Crippen molar-refractivity contribution in [3.63, 3.8) is 0 Å². The van der Waals surface area contributed by atoms with Crippen LogP contribution in [0, 0.1) is 0 Å². The van der Waals surface area contributed by atoms with Gasteiger partial charge in [-0.15, -0.1) is 0 Å². The van der Waals surface area contributed by atoms with Gasteiger partial charge in [-0.05, 0) is 20.8 Å². The zero-order valence-electron chi connectivity index (χ0n) is 8.13. The Morgan fingerprint density at radius 2 is 1.92 bits per heavy atom. The standard InChI is InChI=1S/C10H17NO/c1-5-8-9(4)10(12)11(6-2)7-3/h5,8H,4,6-7H2,1-3H3. The van der Waals surface area contributed by atoms with Crippen molar-refractivity contribution in [1.82, 2.24) is 4.90 Å². The highest BCUT2D eigenvalue weighted by Crippen LogP contribution is 2.00. The molecule has 0 aromatic rings. The molecule has 12 heavy (non-hydrogen) atoms. The quantitative estimate of drug-likeness (QED) is 0.463. The summed E-state index contributed by atoms with van der Waals surface area (Å²) in [6.45, 7) is 11.0. The van der Waals surface area contributed by atoms with Gasteiger partial charge in [0.1, 0.15) is 0 Å². The Labute approximate surface area is 74.6 Å². The molecular weight excluding hydrogens is 150 g/mol. The Morgan fingerprint density at radius 3 is 2.25 bits per heavy atom. The number of amides is 1. The van der Waals surface area contributed by atoms with Crippen LogP contribution in [0.25, 0.3) is 0 Å². The van der Waals surface area contributed by atoms with Crippen LogP contribution >= 0.6 is 0 Å². The van der Waals surface area contributed by atoms with E-state index < -0.39 is 0 Å². The maximum atomic E-state index is 11.5. The van der Waals surface area contributed by atoms with Crippen molar-refractivity contribution < 1.29 is 4.79 Å². The molecule has 0 fully saturated rings. The van der Waals surface area contributed by atoms with Gasteiger partial charge in [0.25, 0.3) is 5.91 Å². The van der Waals surface area contributed by atoms with E-state index in [-0.39, 0.29) is 5.91 Å². The third-order valence-corrected chi connectivity index (χ3v) is 1.69. The van der Waals surface area contributed by atoms with Gasteiger partial charge in [-0.25, -0.2) is 0 Å². The van der Waals surface area contributed by atoms with Gasteiger partial charge in [0.05, 0.1) is 0 Å². The number of allylic oxidation sites excluding steroid dienone is 1. The van der Waals surface area contributed by atoms with Crippen LogP contribution in [0.5, 0.6) is 0 Å². The Balaban J connectivity index is 4.26. The second kappa shape index (κ2) is 5.58. The normalized spacial score (nSPS) is 10.2. The molecule has 0 rings (SSSR count). The zero-order valence-corrected chi connectivity index (χ0v) is 8.13. The van der Waals surface area contributed by atoms with E-state index in [1.165, 1.54) is 0 Å². The van der Waals surface area contributed by atoms with Crippen molar-refractivity contribution in [3.05, 3.63) is 24.3 Å². The molecule has 0 aliphatic rings. The summed E-state index contributed by atoms with van der Waals surface area (Å²) in [6, 6.07) is 0. The van der Waals surface area contributed by atoms with Gasteiger partial charge >= 0.3 is 0 Å². The Morgan fingerprint density at radius 1 is 1.42 bits per heavy atom. The largest absolute Gasteiger partial charge is 0.339 e. The number of carbonyl (C=O) groups is 1. The van der Waals surface area contributed by atoms with Crippen LogP contribution in [0.1, 0.15) is 20.8 Å². The fourth-order valence-corrected chi connectivity index (χ4v) is 0.986. The molecule has 2 nitrogen and oxygen atoms in total. The monoisotopic (exact) mass is 167 g/mol. The molecule has 0 aromatic heterocycles. The average molecular weight is 167 g/mol. The molecule has 0 heterocycles. The molecule has 0 bridgehead atoms. The van der Waals surface area contributed by atoms with Gasteiger partial charge in [-0.3, -0.25) is 4.79 Å². The Hall–Kier alpha value is -1.05. The number of nitrogens with zero attached hydrogens (tertiary/aromatic N) is 1. The van der Waals surface area contributed by atoms with E-state index in [0.29, 0.717) is 5.57 Å². The first-order chi connectivity index (χ1) is 5.67. The predicted molar refractivity (Wildman–Crippen MR) is 51.9 cm³/mol. The van der Waals surface area contributed by atoms with Gasteiger partial charge in [0, 0.05) is 18.7 Å². The minimum Gasteiger partial charge on any atom is -0.339 e. The number of rotatable bonds is 4. The first-order valence-corrected chi connectivity index (χ1v) is 4.28. The minimum absolute atomic E-state index is 0.0260. The van der Waals surface area contributed by atoms with Crippen LogP contribution in [0.2, 0.25) is 0 Å². The van der Waals surface area contributed by atoms with Gasteiger partial charge in [-0.1, -0.05) is 18.7 Å². The minimum atomic E-state index is 0.0260. The van der Waals surface area contributed by atoms with Crippen molar-refractivity contribution in [2.75, 3.05) is 13.1 Å². The topological polar surface area (TPSA) is 20.3 Å². The fourth-order valence-electron chi connectivity index (χ4n) is 0.986. The summed E-state index contributed by atoms with van der Waals surface area (Å²) in [7, 11) is 0. The maximum Gasteiger partial charge on any atom is 0.253 e. The van der Waals surface area contributed by atoms with Gasteiger partial charge in [0.2, 0.25) is 0 Å². The molecule has 0 unspecified atom stereocenters. The lowest BCUT2D eigenvalue weighted by Gasteiger charge is -2.18. The van der Waals surface area contributed by atoms with E-state index in [1.807, 2.05) is 26.8 Å². The molecule has 68 valence electrons. The second-order valence-corrected chi connectivity index (χ2v) is 2.50. The van der Waals surface area contributed by atoms with E-state index in [9.17, 15) is 4.79 Å². The summed E-state index contributed by atoms with van der Waals surface area (Å²) in [5, 5.41) is 0. The van der Waals surface area contributed by atoms with E-state index in [0.717, 1.165) is 13.1 Å². The number of hydrogen-bond donors (Lipinski definition) is 0. The third-order valence-electron chi connectivity index (χ3n) is 1.69. The predicted octanol–water partition coefficient (Wildman–Crippen LogP) is 1.99. The summed E-state index contributed by atoms with van der Waals surface area (Å²) >= 11 is 0. The highest BCUT2D eigenvalue weighted by atomic mass is 16.2. The number of carbonyl (C=O) groups excluding carboxylic acids is 1. The van der Waals surface area contributed by atoms with Crippen molar-refractivity contribution in [2.24, 2.45) is 0 Å². The highest BCUT2D eigenvalue weighted by molar-refractivity contribution is 5.95. The smallest absolute Gasteiger partial charge is 0.253 e. The van der Waals surface area contributed by atoms with Crippen LogP contribution < -0.4 is 0 Å². The molecule has 1 amide bonds. The first kappa shape index (κ1) is 11.0. The summed E-state index contributed by atoms with van der Waals surface area (Å²) in [5.74, 6) is 0.0260. The maximum absolute atomic E-state index is 11.5. The van der Waals surface area contributed by atoms with Gasteiger partial charge < -0.3 is 4.90 Å². The van der Waals surface area contributed by atoms with Gasteiger partial charge in [0.15, 0.2) is 0 Å². The second-order valence-electron chi connectivity index (χ2n) is 2.50. The SMILES string of the molecule is C=C(C=CC)C(=O)N(CC)CC. The van der Waals surface area contributed by atoms with Crippen LogP contribution in [0.15, 0.2) is 24.3 Å². The van der Waals surface area contributed by atoms with E-state index in [1.54, 1.807) is 11.0 Å². The Bertz CT molecular complexity index is 190. The lowest BCUT2D eigenvalue weighted by molar-refractivity contribution is -0.126. The average Bonchev–Trinajstić information content (AvgIpc) is 2.07. The van der Waals surface area contributed by atoms with Crippen LogP contribution in [-0.2, 0) is 4.79 Å². The van der Waals surface area contributed by atoms with Gasteiger partial charge in [-0.2, -0.15) is 0 Å². The molecule has 0 N–H and O–H groups in total. The molecule has 0 spiro atoms. The summed E-state index contributed by atoms with van der Waals surface area (Å²) in [6.07, 6.45) is 3.56. The highest BCUT2D eigenvalue weighted by Gasteiger charge is 2.09. The molecule has 0 aromatic carbocycles. The van der Waals surface area contributed by atoms with Crippen LogP contribution in [-0.4, -0.2) is 23.9 Å². The molecule has 0 aliphatic carbocycles. The lowest BCUT2D eigenvalue weighted by Crippen LogP contribution is -2.30. The fraction of sp³-hybridized carbons (Fsp3) is 0.500. The molecule has 0 saturated heterocycles. The summed E-state index contributed by atoms with van der Waals surface area (Å²) < 4.78 is 0. The third kappa shape index (κ3) is 2.91. The summed E-state index contributed by atoms with van der Waals surface area (Å²) in [5.41, 5.74) is 0.557.